The van der Waals surface area contributed by atoms with Crippen LogP contribution < -0.4 is 10.2 Å². The molecule has 7 nitrogen and oxygen atoms in total. The summed E-state index contributed by atoms with van der Waals surface area (Å²) in [5, 5.41) is 43.4. The Bertz CT molecular complexity index is 1210. The Morgan fingerprint density at radius 1 is 1.12 bits per heavy atom. The topological polar surface area (TPSA) is 109 Å². The predicted octanol–water partition coefficient (Wildman–Crippen LogP) is 2.96. The van der Waals surface area contributed by atoms with Crippen molar-refractivity contribution in [2.75, 3.05) is 44.4 Å². The highest BCUT2D eigenvalue weighted by atomic mass is 32.1. The number of anilines is 1. The van der Waals surface area contributed by atoms with E-state index in [0.717, 1.165) is 47.0 Å². The number of hydrogen-bond acceptors (Lipinski definition) is 8. The van der Waals surface area contributed by atoms with Gasteiger partial charge in [0.05, 0.1) is 37.6 Å². The second-order valence-corrected chi connectivity index (χ2v) is 9.39. The number of fused-ring (bicyclic) bond motifs is 1. The molecular weight excluding hydrogens is 450 g/mol. The minimum Gasteiger partial charge on any atom is -0.394 e. The number of ether oxygens (including phenoxy) is 1. The Balaban J connectivity index is 1.54. The van der Waals surface area contributed by atoms with Crippen molar-refractivity contribution in [2.45, 2.75) is 19.3 Å². The van der Waals surface area contributed by atoms with Crippen molar-refractivity contribution in [3.63, 3.8) is 0 Å². The highest BCUT2D eigenvalue weighted by Gasteiger charge is 2.17. The Morgan fingerprint density at radius 2 is 1.85 bits per heavy atom. The highest BCUT2D eigenvalue weighted by Crippen LogP contribution is 2.35. The molecule has 2 heterocycles. The zero-order valence-corrected chi connectivity index (χ0v) is 19.9. The van der Waals surface area contributed by atoms with Crippen LogP contribution in [-0.2, 0) is 4.74 Å². The van der Waals surface area contributed by atoms with Gasteiger partial charge in [-0.1, -0.05) is 18.2 Å². The second-order valence-electron chi connectivity index (χ2n) is 8.31. The third-order valence-electron chi connectivity index (χ3n) is 6.02. The van der Waals surface area contributed by atoms with Gasteiger partial charge in [-0.15, -0.1) is 11.3 Å². The summed E-state index contributed by atoms with van der Waals surface area (Å²) in [6.07, 6.45) is -2.22. The van der Waals surface area contributed by atoms with E-state index < -0.39 is 18.9 Å². The van der Waals surface area contributed by atoms with Gasteiger partial charge in [-0.25, -0.2) is 0 Å². The van der Waals surface area contributed by atoms with Gasteiger partial charge in [0.1, 0.15) is 6.23 Å². The molecule has 34 heavy (non-hydrogen) atoms. The molecule has 0 bridgehead atoms. The predicted molar refractivity (Wildman–Crippen MR) is 136 cm³/mol. The summed E-state index contributed by atoms with van der Waals surface area (Å²) < 4.78 is 5.46. The number of thiophene rings is 1. The molecule has 4 N–H and O–H groups in total. The maximum atomic E-state index is 10.4. The Morgan fingerprint density at radius 3 is 2.59 bits per heavy atom. The van der Waals surface area contributed by atoms with Gasteiger partial charge in [0.2, 0.25) is 0 Å². The minimum absolute atomic E-state index is 0.0177. The molecule has 1 aliphatic rings. The lowest BCUT2D eigenvalue weighted by atomic mass is 10.0. The fraction of sp³-hybridized carbons (Fsp3) is 0.346. The summed E-state index contributed by atoms with van der Waals surface area (Å²) in [5.74, 6) is 0. The molecule has 3 aromatic rings. The molecule has 0 aliphatic carbocycles. The average Bonchev–Trinajstić information content (AvgIpc) is 3.38. The van der Waals surface area contributed by atoms with E-state index in [-0.39, 0.29) is 12.1 Å². The lowest BCUT2D eigenvalue weighted by Gasteiger charge is -2.29. The smallest absolute Gasteiger partial charge is 0.141 e. The zero-order valence-electron chi connectivity index (χ0n) is 19.1. The van der Waals surface area contributed by atoms with Crippen molar-refractivity contribution in [3.8, 4) is 16.5 Å². The zero-order chi connectivity index (χ0) is 24.1. The number of morpholine rings is 1. The van der Waals surface area contributed by atoms with Crippen LogP contribution in [0.15, 0.2) is 54.1 Å². The van der Waals surface area contributed by atoms with E-state index in [1.165, 1.54) is 11.1 Å². The van der Waals surface area contributed by atoms with Crippen molar-refractivity contribution < 1.29 is 20.1 Å². The number of rotatable bonds is 8. The highest BCUT2D eigenvalue weighted by molar-refractivity contribution is 7.16. The fourth-order valence-corrected chi connectivity index (χ4v) is 5.01. The summed E-state index contributed by atoms with van der Waals surface area (Å²) in [5.41, 5.74) is 3.17. The standard InChI is InChI=1S/C26H29N3O4S/c1-17(23(14-27)26(32)28-15-22(31)16-30)24-6-7-25(34-24)20-3-2-19-13-21(5-4-18(19)12-20)29-8-10-33-11-9-29/h2-7,12-13,22,26,28,30-32H,8-11,15-16H2,1H3/b23-17+. The van der Waals surface area contributed by atoms with Gasteiger partial charge in [0.15, 0.2) is 0 Å². The SMILES string of the molecule is C/C(=C(/C#N)C(O)NCC(O)CO)c1ccc(-c2ccc3cc(N4CCOCC4)ccc3c2)s1. The second kappa shape index (κ2) is 11.1. The Hall–Kier alpha value is -2.77. The molecule has 1 aliphatic heterocycles. The lowest BCUT2D eigenvalue weighted by Crippen LogP contribution is -2.38. The van der Waals surface area contributed by atoms with Crippen LogP contribution >= 0.6 is 11.3 Å². The Labute approximate surface area is 203 Å². The number of nitrogens with one attached hydrogen (secondary N) is 1. The molecule has 0 radical (unpaired) electrons. The number of nitriles is 1. The molecule has 0 spiro atoms. The summed E-state index contributed by atoms with van der Waals surface area (Å²) >= 11 is 1.56. The molecule has 178 valence electrons. The van der Waals surface area contributed by atoms with E-state index in [0.29, 0.717) is 5.57 Å². The van der Waals surface area contributed by atoms with E-state index in [1.54, 1.807) is 18.3 Å². The molecule has 2 unspecified atom stereocenters. The van der Waals surface area contributed by atoms with Crippen LogP contribution in [0.2, 0.25) is 0 Å². The number of allylic oxidation sites excluding steroid dienone is 1. The van der Waals surface area contributed by atoms with Gasteiger partial charge >= 0.3 is 0 Å². The first-order chi connectivity index (χ1) is 16.5. The van der Waals surface area contributed by atoms with Crippen molar-refractivity contribution in [2.24, 2.45) is 0 Å². The monoisotopic (exact) mass is 479 g/mol. The molecule has 8 heteroatoms. The first-order valence-electron chi connectivity index (χ1n) is 11.3. The van der Waals surface area contributed by atoms with Crippen LogP contribution in [0.5, 0.6) is 0 Å². The van der Waals surface area contributed by atoms with E-state index in [9.17, 15) is 15.5 Å². The molecule has 0 saturated carbocycles. The van der Waals surface area contributed by atoms with Crippen molar-refractivity contribution in [1.82, 2.24) is 5.32 Å². The van der Waals surface area contributed by atoms with Crippen molar-refractivity contribution in [1.29, 1.82) is 5.26 Å². The van der Waals surface area contributed by atoms with Crippen LogP contribution in [-0.4, -0.2) is 67.1 Å². The van der Waals surface area contributed by atoms with Gasteiger partial charge < -0.3 is 25.0 Å². The molecule has 1 saturated heterocycles. The number of aliphatic hydroxyl groups excluding tert-OH is 3. The largest absolute Gasteiger partial charge is 0.394 e. The molecule has 1 fully saturated rings. The third kappa shape index (κ3) is 5.47. The molecule has 4 rings (SSSR count). The van der Waals surface area contributed by atoms with Gasteiger partial charge in [-0.2, -0.15) is 5.26 Å². The van der Waals surface area contributed by atoms with Gasteiger partial charge in [0.25, 0.3) is 0 Å². The number of benzene rings is 2. The van der Waals surface area contributed by atoms with E-state index in [4.69, 9.17) is 9.84 Å². The van der Waals surface area contributed by atoms with Crippen LogP contribution in [0.1, 0.15) is 11.8 Å². The van der Waals surface area contributed by atoms with E-state index in [2.05, 4.69) is 52.7 Å². The van der Waals surface area contributed by atoms with Gasteiger partial charge in [-0.05, 0) is 59.2 Å². The van der Waals surface area contributed by atoms with Crippen molar-refractivity contribution in [3.05, 3.63) is 59.0 Å². The quantitative estimate of drug-likeness (QED) is 0.291. The summed E-state index contributed by atoms with van der Waals surface area (Å²) in [6, 6.07) is 19.0. The number of hydrogen-bond donors (Lipinski definition) is 4. The normalized spacial score (nSPS) is 16.7. The maximum absolute atomic E-state index is 10.4. The molecule has 2 atom stereocenters. The Kier molecular flexibility index (Phi) is 7.95. The fourth-order valence-electron chi connectivity index (χ4n) is 4.00. The summed E-state index contributed by atoms with van der Waals surface area (Å²) in [6.45, 7) is 4.70. The first kappa shape index (κ1) is 24.4. The molecule has 2 aromatic carbocycles. The first-order valence-corrected chi connectivity index (χ1v) is 12.1. The van der Waals surface area contributed by atoms with Crippen LogP contribution in [0.3, 0.4) is 0 Å². The van der Waals surface area contributed by atoms with Crippen LogP contribution in [0.4, 0.5) is 5.69 Å². The third-order valence-corrected chi connectivity index (χ3v) is 7.27. The van der Waals surface area contributed by atoms with Crippen LogP contribution in [0, 0.1) is 11.3 Å². The lowest BCUT2D eigenvalue weighted by molar-refractivity contribution is 0.0767. The van der Waals surface area contributed by atoms with E-state index in [1.807, 2.05) is 12.1 Å². The molecule has 1 aromatic heterocycles. The maximum Gasteiger partial charge on any atom is 0.141 e. The molecule has 0 amide bonds. The minimum atomic E-state index is -1.22. The van der Waals surface area contributed by atoms with Crippen LogP contribution in [0.25, 0.3) is 26.8 Å². The van der Waals surface area contributed by atoms with Crippen molar-refractivity contribution >= 4 is 33.4 Å². The summed E-state index contributed by atoms with van der Waals surface area (Å²) in [7, 11) is 0. The van der Waals surface area contributed by atoms with Gasteiger partial charge in [-0.3, -0.25) is 5.32 Å². The van der Waals surface area contributed by atoms with E-state index >= 15 is 0 Å². The van der Waals surface area contributed by atoms with Gasteiger partial charge in [0, 0.05) is 35.1 Å². The number of aliphatic hydroxyl groups is 3. The average molecular weight is 480 g/mol. The summed E-state index contributed by atoms with van der Waals surface area (Å²) in [4.78, 5) is 4.31. The molecular formula is C26H29N3O4S. The number of nitrogens with zero attached hydrogens (tertiary/aromatic N) is 2.